The molecule has 2 saturated heterocycles. The maximum absolute atomic E-state index is 5.53. The molecule has 20 heavy (non-hydrogen) atoms. The SMILES string of the molecule is C1=CCC(CNCC2(N3CCOCC3)CCSC2)CC1. The van der Waals surface area contributed by atoms with Crippen LogP contribution in [0.25, 0.3) is 0 Å². The lowest BCUT2D eigenvalue weighted by atomic mass is 9.92. The lowest BCUT2D eigenvalue weighted by molar-refractivity contribution is -0.0135. The van der Waals surface area contributed by atoms with Crippen LogP contribution >= 0.6 is 11.8 Å². The number of allylic oxidation sites excluding steroid dienone is 2. The molecule has 0 aromatic heterocycles. The minimum atomic E-state index is 0.402. The van der Waals surface area contributed by atoms with Crippen molar-refractivity contribution in [1.82, 2.24) is 10.2 Å². The second-order valence-electron chi connectivity index (χ2n) is 6.41. The molecule has 0 bridgehead atoms. The third-order valence-corrected chi connectivity index (χ3v) is 6.26. The predicted molar refractivity (Wildman–Crippen MR) is 86.4 cm³/mol. The molecule has 1 aliphatic carbocycles. The highest BCUT2D eigenvalue weighted by atomic mass is 32.2. The zero-order chi connectivity index (χ0) is 13.7. The molecule has 2 heterocycles. The normalized spacial score (nSPS) is 35.5. The molecule has 1 N–H and O–H groups in total. The lowest BCUT2D eigenvalue weighted by Crippen LogP contribution is -2.58. The summed E-state index contributed by atoms with van der Waals surface area (Å²) in [5, 5.41) is 3.81. The van der Waals surface area contributed by atoms with Crippen molar-refractivity contribution in [3.05, 3.63) is 12.2 Å². The van der Waals surface area contributed by atoms with Gasteiger partial charge in [0.25, 0.3) is 0 Å². The molecule has 0 aromatic rings. The quantitative estimate of drug-likeness (QED) is 0.786. The van der Waals surface area contributed by atoms with Gasteiger partial charge in [0.1, 0.15) is 0 Å². The Morgan fingerprint density at radius 1 is 1.30 bits per heavy atom. The van der Waals surface area contributed by atoms with Gasteiger partial charge in [-0.25, -0.2) is 0 Å². The number of rotatable bonds is 5. The summed E-state index contributed by atoms with van der Waals surface area (Å²) in [6.45, 7) is 6.43. The van der Waals surface area contributed by atoms with Gasteiger partial charge >= 0.3 is 0 Å². The average molecular weight is 296 g/mol. The van der Waals surface area contributed by atoms with Crippen LogP contribution in [0.1, 0.15) is 25.7 Å². The second-order valence-corrected chi connectivity index (χ2v) is 7.51. The van der Waals surface area contributed by atoms with E-state index in [9.17, 15) is 0 Å². The molecule has 3 nitrogen and oxygen atoms in total. The van der Waals surface area contributed by atoms with Crippen LogP contribution in [-0.2, 0) is 4.74 Å². The Morgan fingerprint density at radius 3 is 2.90 bits per heavy atom. The zero-order valence-electron chi connectivity index (χ0n) is 12.5. The fourth-order valence-electron chi connectivity index (χ4n) is 3.69. The fourth-order valence-corrected chi connectivity index (χ4v) is 5.16. The van der Waals surface area contributed by atoms with E-state index in [1.165, 1.54) is 50.3 Å². The van der Waals surface area contributed by atoms with Crippen molar-refractivity contribution < 1.29 is 4.74 Å². The van der Waals surface area contributed by atoms with E-state index in [1.54, 1.807) is 0 Å². The van der Waals surface area contributed by atoms with Crippen molar-refractivity contribution in [2.24, 2.45) is 5.92 Å². The molecule has 114 valence electrons. The largest absolute Gasteiger partial charge is 0.379 e. The predicted octanol–water partition coefficient (Wildman–Crippen LogP) is 2.14. The van der Waals surface area contributed by atoms with E-state index in [-0.39, 0.29) is 0 Å². The van der Waals surface area contributed by atoms with Crippen molar-refractivity contribution in [3.63, 3.8) is 0 Å². The third kappa shape index (κ3) is 3.59. The third-order valence-electron chi connectivity index (χ3n) is 5.03. The van der Waals surface area contributed by atoms with Gasteiger partial charge < -0.3 is 10.1 Å². The highest BCUT2D eigenvalue weighted by Gasteiger charge is 2.40. The highest BCUT2D eigenvalue weighted by Crippen LogP contribution is 2.33. The summed E-state index contributed by atoms with van der Waals surface area (Å²) in [6.07, 6.45) is 9.94. The first-order valence-corrected chi connectivity index (χ1v) is 9.31. The summed E-state index contributed by atoms with van der Waals surface area (Å²) in [5.74, 6) is 3.48. The van der Waals surface area contributed by atoms with E-state index in [4.69, 9.17) is 4.74 Å². The van der Waals surface area contributed by atoms with Crippen molar-refractivity contribution in [2.45, 2.75) is 31.2 Å². The molecule has 3 rings (SSSR count). The maximum atomic E-state index is 5.53. The molecule has 3 aliphatic rings. The van der Waals surface area contributed by atoms with Crippen molar-refractivity contribution in [1.29, 1.82) is 0 Å². The van der Waals surface area contributed by atoms with E-state index in [1.807, 2.05) is 0 Å². The summed E-state index contributed by atoms with van der Waals surface area (Å²) < 4.78 is 5.53. The Bertz CT molecular complexity index is 322. The van der Waals surface area contributed by atoms with Gasteiger partial charge in [0.15, 0.2) is 0 Å². The molecule has 0 radical (unpaired) electrons. The monoisotopic (exact) mass is 296 g/mol. The molecule has 0 aromatic carbocycles. The van der Waals surface area contributed by atoms with E-state index in [0.29, 0.717) is 5.54 Å². The van der Waals surface area contributed by atoms with Gasteiger partial charge in [-0.3, -0.25) is 4.90 Å². The Labute approximate surface area is 127 Å². The minimum Gasteiger partial charge on any atom is -0.379 e. The Balaban J connectivity index is 1.50. The number of hydrogen-bond acceptors (Lipinski definition) is 4. The van der Waals surface area contributed by atoms with Gasteiger partial charge in [0, 0.05) is 30.9 Å². The van der Waals surface area contributed by atoms with Gasteiger partial charge in [-0.1, -0.05) is 12.2 Å². The molecule has 0 saturated carbocycles. The first kappa shape index (κ1) is 14.9. The number of hydrogen-bond donors (Lipinski definition) is 1. The van der Waals surface area contributed by atoms with Crippen LogP contribution in [0.5, 0.6) is 0 Å². The van der Waals surface area contributed by atoms with Crippen LogP contribution in [0.15, 0.2) is 12.2 Å². The smallest absolute Gasteiger partial charge is 0.0594 e. The number of thioether (sulfide) groups is 1. The first-order chi connectivity index (χ1) is 9.89. The van der Waals surface area contributed by atoms with Gasteiger partial charge in [0.2, 0.25) is 0 Å². The summed E-state index contributed by atoms with van der Waals surface area (Å²) >= 11 is 2.13. The van der Waals surface area contributed by atoms with Gasteiger partial charge in [-0.05, 0) is 43.9 Å². The van der Waals surface area contributed by atoms with E-state index < -0.39 is 0 Å². The van der Waals surface area contributed by atoms with Crippen molar-refractivity contribution in [3.8, 4) is 0 Å². The molecule has 2 aliphatic heterocycles. The summed E-state index contributed by atoms with van der Waals surface area (Å²) in [6, 6.07) is 0. The van der Waals surface area contributed by atoms with Crippen LogP contribution in [0, 0.1) is 5.92 Å². The van der Waals surface area contributed by atoms with E-state index in [2.05, 4.69) is 34.1 Å². The van der Waals surface area contributed by atoms with Crippen LogP contribution in [0.2, 0.25) is 0 Å². The molecular weight excluding hydrogens is 268 g/mol. The summed E-state index contributed by atoms with van der Waals surface area (Å²) in [4.78, 5) is 2.70. The van der Waals surface area contributed by atoms with E-state index >= 15 is 0 Å². The van der Waals surface area contributed by atoms with Gasteiger partial charge in [0.05, 0.1) is 13.2 Å². The molecule has 2 fully saturated rings. The summed E-state index contributed by atoms with van der Waals surface area (Å²) in [7, 11) is 0. The number of nitrogens with zero attached hydrogens (tertiary/aromatic N) is 1. The molecule has 2 unspecified atom stereocenters. The summed E-state index contributed by atoms with van der Waals surface area (Å²) in [5.41, 5.74) is 0.402. The van der Waals surface area contributed by atoms with Crippen LogP contribution in [0.4, 0.5) is 0 Å². The van der Waals surface area contributed by atoms with Crippen molar-refractivity contribution >= 4 is 11.8 Å². The zero-order valence-corrected chi connectivity index (χ0v) is 13.3. The topological polar surface area (TPSA) is 24.5 Å². The Morgan fingerprint density at radius 2 is 2.20 bits per heavy atom. The van der Waals surface area contributed by atoms with Crippen LogP contribution in [-0.4, -0.2) is 61.3 Å². The molecule has 4 heteroatoms. The Hall–Kier alpha value is -0.0300. The van der Waals surface area contributed by atoms with Gasteiger partial charge in [-0.15, -0.1) is 0 Å². The van der Waals surface area contributed by atoms with Crippen LogP contribution in [0.3, 0.4) is 0 Å². The molecule has 2 atom stereocenters. The van der Waals surface area contributed by atoms with E-state index in [0.717, 1.165) is 32.2 Å². The second kappa shape index (κ2) is 7.30. The highest BCUT2D eigenvalue weighted by molar-refractivity contribution is 7.99. The number of nitrogens with one attached hydrogen (secondary N) is 1. The minimum absolute atomic E-state index is 0.402. The first-order valence-electron chi connectivity index (χ1n) is 8.15. The van der Waals surface area contributed by atoms with Gasteiger partial charge in [-0.2, -0.15) is 11.8 Å². The standard InChI is InChI=1S/C16H28N2OS/c1-2-4-15(5-3-1)12-17-13-16(6-11-20-14-16)18-7-9-19-10-8-18/h1-2,15,17H,3-14H2. The van der Waals surface area contributed by atoms with Crippen LogP contribution < -0.4 is 5.32 Å². The number of morpholine rings is 1. The fraction of sp³-hybridized carbons (Fsp3) is 0.875. The molecule has 0 amide bonds. The number of ether oxygens (including phenoxy) is 1. The average Bonchev–Trinajstić information content (AvgIpc) is 2.99. The maximum Gasteiger partial charge on any atom is 0.0594 e. The Kier molecular flexibility index (Phi) is 5.43. The molecular formula is C16H28N2OS. The lowest BCUT2D eigenvalue weighted by Gasteiger charge is -2.43. The van der Waals surface area contributed by atoms with Crippen molar-refractivity contribution in [2.75, 3.05) is 50.9 Å². The molecule has 0 spiro atoms.